The van der Waals surface area contributed by atoms with Crippen LogP contribution in [0.3, 0.4) is 0 Å². The van der Waals surface area contributed by atoms with E-state index in [0.717, 1.165) is 6.54 Å². The SMILES string of the molecule is CCCCCCCC[N+](C)(C)N.[Br-]. The second kappa shape index (κ2) is 8.97. The van der Waals surface area contributed by atoms with Gasteiger partial charge in [0.25, 0.3) is 0 Å². The zero-order chi connectivity index (χ0) is 9.45. The highest BCUT2D eigenvalue weighted by Gasteiger charge is 2.05. The molecule has 0 aliphatic carbocycles. The summed E-state index contributed by atoms with van der Waals surface area (Å²) in [6.45, 7) is 3.35. The van der Waals surface area contributed by atoms with Crippen molar-refractivity contribution in [3.05, 3.63) is 0 Å². The molecule has 0 amide bonds. The molecule has 0 aliphatic heterocycles. The molecule has 13 heavy (non-hydrogen) atoms. The van der Waals surface area contributed by atoms with Gasteiger partial charge in [0, 0.05) is 0 Å². The average Bonchev–Trinajstić information content (AvgIpc) is 1.94. The molecule has 0 rings (SSSR count). The first-order valence-corrected chi connectivity index (χ1v) is 5.18. The van der Waals surface area contributed by atoms with E-state index in [0.29, 0.717) is 4.59 Å². The van der Waals surface area contributed by atoms with Gasteiger partial charge < -0.3 is 17.0 Å². The summed E-state index contributed by atoms with van der Waals surface area (Å²) in [5.41, 5.74) is 0. The van der Waals surface area contributed by atoms with Crippen LogP contribution in [0, 0.1) is 0 Å². The van der Waals surface area contributed by atoms with Gasteiger partial charge in [-0.3, -0.25) is 4.59 Å². The lowest BCUT2D eigenvalue weighted by Crippen LogP contribution is -3.00. The van der Waals surface area contributed by atoms with Crippen LogP contribution in [0.25, 0.3) is 0 Å². The van der Waals surface area contributed by atoms with Crippen LogP contribution < -0.4 is 22.8 Å². The molecule has 0 saturated heterocycles. The molecule has 0 saturated carbocycles. The quantitative estimate of drug-likeness (QED) is 0.276. The van der Waals surface area contributed by atoms with E-state index in [4.69, 9.17) is 5.84 Å². The Labute approximate surface area is 93.8 Å². The molecule has 0 heterocycles. The smallest absolute Gasteiger partial charge is 0.0955 e. The van der Waals surface area contributed by atoms with Gasteiger partial charge in [0.05, 0.1) is 20.6 Å². The molecule has 3 heteroatoms. The van der Waals surface area contributed by atoms with Gasteiger partial charge in [0.15, 0.2) is 0 Å². The van der Waals surface area contributed by atoms with Crippen molar-refractivity contribution in [2.75, 3.05) is 20.6 Å². The maximum Gasteiger partial charge on any atom is 0.0955 e. The van der Waals surface area contributed by atoms with Gasteiger partial charge >= 0.3 is 0 Å². The molecule has 0 aromatic heterocycles. The van der Waals surface area contributed by atoms with Crippen molar-refractivity contribution < 1.29 is 21.6 Å². The molecule has 0 fully saturated rings. The van der Waals surface area contributed by atoms with E-state index in [1.165, 1.54) is 38.5 Å². The van der Waals surface area contributed by atoms with E-state index in [1.807, 2.05) is 14.1 Å². The minimum atomic E-state index is 0. The van der Waals surface area contributed by atoms with Gasteiger partial charge in [-0.05, 0) is 12.8 Å². The average molecular weight is 253 g/mol. The van der Waals surface area contributed by atoms with E-state index in [1.54, 1.807) is 0 Å². The van der Waals surface area contributed by atoms with Crippen molar-refractivity contribution in [2.45, 2.75) is 45.4 Å². The van der Waals surface area contributed by atoms with Gasteiger partial charge in [-0.2, -0.15) is 5.84 Å². The minimum absolute atomic E-state index is 0. The number of hydrogen-bond donors (Lipinski definition) is 1. The van der Waals surface area contributed by atoms with Crippen molar-refractivity contribution in [1.29, 1.82) is 0 Å². The summed E-state index contributed by atoms with van der Waals surface area (Å²) in [5, 5.41) is 0. The molecule has 0 unspecified atom stereocenters. The van der Waals surface area contributed by atoms with Gasteiger partial charge in [0.2, 0.25) is 0 Å². The first-order chi connectivity index (χ1) is 5.56. The molecule has 82 valence electrons. The fraction of sp³-hybridized carbons (Fsp3) is 1.00. The van der Waals surface area contributed by atoms with E-state index < -0.39 is 0 Å². The Kier molecular flexibility index (Phi) is 10.9. The van der Waals surface area contributed by atoms with E-state index in [2.05, 4.69) is 6.92 Å². The van der Waals surface area contributed by atoms with Gasteiger partial charge in [-0.15, -0.1) is 0 Å². The van der Waals surface area contributed by atoms with Crippen LogP contribution in [-0.2, 0) is 0 Å². The predicted molar refractivity (Wildman–Crippen MR) is 54.5 cm³/mol. The number of rotatable bonds is 7. The third-order valence-electron chi connectivity index (χ3n) is 2.09. The third-order valence-corrected chi connectivity index (χ3v) is 2.09. The zero-order valence-corrected chi connectivity index (χ0v) is 10.9. The summed E-state index contributed by atoms with van der Waals surface area (Å²) in [6, 6.07) is 0. The normalized spacial score (nSPS) is 11.1. The Morgan fingerprint density at radius 2 is 1.38 bits per heavy atom. The molecule has 0 spiro atoms. The Balaban J connectivity index is 0. The molecule has 2 N–H and O–H groups in total. The predicted octanol–water partition coefficient (Wildman–Crippen LogP) is -0.699. The van der Waals surface area contributed by atoms with Crippen LogP contribution in [0.1, 0.15) is 45.4 Å². The Hall–Kier alpha value is 0.400. The second-order valence-electron chi connectivity index (χ2n) is 4.27. The summed E-state index contributed by atoms with van der Waals surface area (Å²) in [6.07, 6.45) is 8.12. The topological polar surface area (TPSA) is 26.0 Å². The highest BCUT2D eigenvalue weighted by atomic mass is 79.9. The van der Waals surface area contributed by atoms with Gasteiger partial charge in [-0.25, -0.2) is 0 Å². The molecule has 0 aliphatic rings. The number of unbranched alkanes of at least 4 members (excludes halogenated alkanes) is 5. The molecular weight excluding hydrogens is 228 g/mol. The van der Waals surface area contributed by atoms with Crippen molar-refractivity contribution in [3.8, 4) is 0 Å². The summed E-state index contributed by atoms with van der Waals surface area (Å²) >= 11 is 0. The molecule has 2 nitrogen and oxygen atoms in total. The van der Waals surface area contributed by atoms with Crippen LogP contribution in [0.2, 0.25) is 0 Å². The summed E-state index contributed by atoms with van der Waals surface area (Å²) < 4.78 is 0.619. The van der Waals surface area contributed by atoms with Crippen molar-refractivity contribution in [1.82, 2.24) is 0 Å². The first-order valence-electron chi connectivity index (χ1n) is 5.18. The minimum Gasteiger partial charge on any atom is -1.00 e. The Morgan fingerprint density at radius 3 is 1.85 bits per heavy atom. The van der Waals surface area contributed by atoms with Crippen LogP contribution in [0.4, 0.5) is 0 Å². The molecular formula is C10H25BrN2. The summed E-state index contributed by atoms with van der Waals surface area (Å²) in [4.78, 5) is 0. The van der Waals surface area contributed by atoms with Crippen LogP contribution in [0.5, 0.6) is 0 Å². The van der Waals surface area contributed by atoms with Crippen molar-refractivity contribution >= 4 is 0 Å². The molecule has 0 radical (unpaired) electrons. The molecule has 0 bridgehead atoms. The lowest BCUT2D eigenvalue weighted by Gasteiger charge is -2.21. The van der Waals surface area contributed by atoms with E-state index in [-0.39, 0.29) is 17.0 Å². The maximum absolute atomic E-state index is 5.81. The monoisotopic (exact) mass is 252 g/mol. The summed E-state index contributed by atoms with van der Waals surface area (Å²) in [5.74, 6) is 5.81. The zero-order valence-electron chi connectivity index (χ0n) is 9.35. The molecule has 0 aromatic carbocycles. The first kappa shape index (κ1) is 15.9. The fourth-order valence-electron chi connectivity index (χ4n) is 1.30. The van der Waals surface area contributed by atoms with Gasteiger partial charge in [0.1, 0.15) is 0 Å². The highest BCUT2D eigenvalue weighted by molar-refractivity contribution is 4.42. The molecule has 0 aromatic rings. The number of nitrogens with two attached hydrogens (primary N) is 1. The number of halogens is 1. The van der Waals surface area contributed by atoms with Crippen LogP contribution >= 0.6 is 0 Å². The Bertz CT molecular complexity index is 99.6. The molecule has 0 atom stereocenters. The van der Waals surface area contributed by atoms with Crippen LogP contribution in [-0.4, -0.2) is 25.2 Å². The third kappa shape index (κ3) is 15.2. The van der Waals surface area contributed by atoms with Gasteiger partial charge in [-0.1, -0.05) is 32.6 Å². The number of hydrogen-bond acceptors (Lipinski definition) is 1. The van der Waals surface area contributed by atoms with E-state index >= 15 is 0 Å². The van der Waals surface area contributed by atoms with Crippen molar-refractivity contribution in [3.63, 3.8) is 0 Å². The van der Waals surface area contributed by atoms with Crippen molar-refractivity contribution in [2.24, 2.45) is 5.84 Å². The van der Waals surface area contributed by atoms with Crippen LogP contribution in [0.15, 0.2) is 0 Å². The number of quaternary nitrogens is 1. The largest absolute Gasteiger partial charge is 1.00 e. The maximum atomic E-state index is 5.81. The van der Waals surface area contributed by atoms with E-state index in [9.17, 15) is 0 Å². The highest BCUT2D eigenvalue weighted by Crippen LogP contribution is 2.05. The Morgan fingerprint density at radius 1 is 0.923 bits per heavy atom. The number of nitrogens with zero attached hydrogens (tertiary/aromatic N) is 1. The summed E-state index contributed by atoms with van der Waals surface area (Å²) in [7, 11) is 4.10. The fourth-order valence-corrected chi connectivity index (χ4v) is 1.30. The second-order valence-corrected chi connectivity index (χ2v) is 4.27. The standard InChI is InChI=1S/C10H25N2.BrH/c1-4-5-6-7-8-9-10-12(2,3)11;/h4-11H2,1-3H3;1H/q+1;/p-1. The lowest BCUT2D eigenvalue weighted by molar-refractivity contribution is -0.902. The lowest BCUT2D eigenvalue weighted by atomic mass is 10.1.